The highest BCUT2D eigenvalue weighted by molar-refractivity contribution is 14.1. The Labute approximate surface area is 236 Å². The molecule has 4 aromatic rings. The highest BCUT2D eigenvalue weighted by atomic mass is 127. The van der Waals surface area contributed by atoms with Crippen LogP contribution in [0.25, 0.3) is 11.0 Å². The van der Waals surface area contributed by atoms with Gasteiger partial charge in [-0.25, -0.2) is 14.4 Å². The van der Waals surface area contributed by atoms with Crippen LogP contribution in [0.2, 0.25) is 5.02 Å². The van der Waals surface area contributed by atoms with Gasteiger partial charge in [0.15, 0.2) is 5.75 Å². The molecule has 0 atom stereocenters. The average molecular weight is 657 g/mol. The topological polar surface area (TPSA) is 52.4 Å². The number of aryl methyl sites for hydroxylation is 1. The smallest absolute Gasteiger partial charge is 0.387 e. The van der Waals surface area contributed by atoms with Crippen molar-refractivity contribution >= 4 is 45.2 Å². The molecule has 2 aromatic carbocycles. The molecule has 1 fully saturated rings. The average Bonchev–Trinajstić information content (AvgIpc) is 3.19. The number of aromatic nitrogens is 3. The third-order valence-electron chi connectivity index (χ3n) is 6.73. The highest BCUT2D eigenvalue weighted by Gasteiger charge is 2.24. The van der Waals surface area contributed by atoms with E-state index in [0.29, 0.717) is 28.5 Å². The van der Waals surface area contributed by atoms with Crippen LogP contribution in [0.3, 0.4) is 0 Å². The molecule has 1 saturated heterocycles. The number of hydrogen-bond donors (Lipinski definition) is 0. The normalized spacial score (nSPS) is 14.9. The van der Waals surface area contributed by atoms with Gasteiger partial charge in [-0.3, -0.25) is 4.90 Å². The van der Waals surface area contributed by atoms with Crippen LogP contribution in [0.5, 0.6) is 11.6 Å². The van der Waals surface area contributed by atoms with E-state index in [1.165, 1.54) is 6.07 Å². The van der Waals surface area contributed by atoms with Crippen molar-refractivity contribution in [3.8, 4) is 11.6 Å². The van der Waals surface area contributed by atoms with Crippen molar-refractivity contribution in [3.63, 3.8) is 0 Å². The summed E-state index contributed by atoms with van der Waals surface area (Å²) in [6.45, 7) is -0.550. The molecule has 0 saturated carbocycles. The number of imidazole rings is 1. The molecule has 1 aliphatic heterocycles. The van der Waals surface area contributed by atoms with E-state index in [2.05, 4.69) is 37.5 Å². The molecule has 0 amide bonds. The van der Waals surface area contributed by atoms with Crippen LogP contribution < -0.4 is 9.47 Å². The molecule has 0 unspecified atom stereocenters. The summed E-state index contributed by atoms with van der Waals surface area (Å²) < 4.78 is 53.1. The first-order valence-corrected chi connectivity index (χ1v) is 13.6. The van der Waals surface area contributed by atoms with Gasteiger partial charge < -0.3 is 14.0 Å². The molecular formula is C27H25ClF3IN4O2. The number of ether oxygens (including phenoxy) is 2. The lowest BCUT2D eigenvalue weighted by Gasteiger charge is -2.31. The Hall–Kier alpha value is -2.57. The molecule has 2 aromatic heterocycles. The zero-order valence-electron chi connectivity index (χ0n) is 20.5. The summed E-state index contributed by atoms with van der Waals surface area (Å²) >= 11 is 7.91. The fourth-order valence-corrected chi connectivity index (χ4v) is 5.45. The van der Waals surface area contributed by atoms with Crippen molar-refractivity contribution in [2.75, 3.05) is 13.1 Å². The Balaban J connectivity index is 1.21. The number of halogens is 5. The van der Waals surface area contributed by atoms with Gasteiger partial charge >= 0.3 is 6.61 Å². The van der Waals surface area contributed by atoms with Crippen LogP contribution in [-0.2, 0) is 20.2 Å². The van der Waals surface area contributed by atoms with E-state index in [9.17, 15) is 13.2 Å². The van der Waals surface area contributed by atoms with Gasteiger partial charge in [-0.05, 0) is 78.9 Å². The van der Waals surface area contributed by atoms with Crippen molar-refractivity contribution in [1.29, 1.82) is 0 Å². The largest absolute Gasteiger partial charge is 0.473 e. The molecule has 6 nitrogen and oxygen atoms in total. The summed E-state index contributed by atoms with van der Waals surface area (Å²) in [7, 11) is 1.89. The summed E-state index contributed by atoms with van der Waals surface area (Å²) in [6.07, 6.45) is 1.81. The fraction of sp³-hybridized carbons (Fsp3) is 0.333. The first kappa shape index (κ1) is 27.0. The van der Waals surface area contributed by atoms with Crippen LogP contribution in [0.1, 0.15) is 35.8 Å². The number of nitrogens with zero attached hydrogens (tertiary/aromatic N) is 4. The molecule has 1 aliphatic rings. The van der Waals surface area contributed by atoms with E-state index in [-0.39, 0.29) is 18.3 Å². The number of benzene rings is 2. The maximum atomic E-state index is 14.1. The Bertz CT molecular complexity index is 1440. The number of likely N-dealkylation sites (tertiary alicyclic amines) is 1. The minimum atomic E-state index is -2.91. The first-order chi connectivity index (χ1) is 18.3. The van der Waals surface area contributed by atoms with Crippen molar-refractivity contribution in [2.45, 2.75) is 38.5 Å². The molecule has 0 bridgehead atoms. The van der Waals surface area contributed by atoms with Crippen molar-refractivity contribution in [2.24, 2.45) is 7.05 Å². The Morgan fingerprint density at radius 2 is 1.89 bits per heavy atom. The van der Waals surface area contributed by atoms with Crippen molar-refractivity contribution in [3.05, 3.63) is 80.0 Å². The second kappa shape index (κ2) is 11.7. The van der Waals surface area contributed by atoms with Crippen molar-refractivity contribution < 1.29 is 22.6 Å². The zero-order valence-corrected chi connectivity index (χ0v) is 23.4. The first-order valence-electron chi connectivity index (χ1n) is 12.1. The van der Waals surface area contributed by atoms with Gasteiger partial charge in [-0.2, -0.15) is 8.78 Å². The van der Waals surface area contributed by atoms with Gasteiger partial charge in [0, 0.05) is 38.9 Å². The SMILES string of the molecule is Cn1c(CN2CCC(c3cccc(OCc4ccc(Cl)cc4F)n3)CC2)nc2c(OC(F)F)cc(I)cc21. The van der Waals surface area contributed by atoms with Crippen LogP contribution in [-0.4, -0.2) is 39.1 Å². The van der Waals surface area contributed by atoms with Gasteiger partial charge in [-0.15, -0.1) is 0 Å². The van der Waals surface area contributed by atoms with E-state index in [0.717, 1.165) is 46.5 Å². The van der Waals surface area contributed by atoms with Crippen LogP contribution in [0.15, 0.2) is 48.5 Å². The number of pyridine rings is 1. The van der Waals surface area contributed by atoms with Gasteiger partial charge in [0.2, 0.25) is 5.88 Å². The molecule has 11 heteroatoms. The molecule has 3 heterocycles. The lowest BCUT2D eigenvalue weighted by Crippen LogP contribution is -2.33. The lowest BCUT2D eigenvalue weighted by atomic mass is 9.93. The summed E-state index contributed by atoms with van der Waals surface area (Å²) in [5.74, 6) is 1.21. The summed E-state index contributed by atoms with van der Waals surface area (Å²) in [5, 5.41) is 0.342. The summed E-state index contributed by atoms with van der Waals surface area (Å²) in [5.41, 5.74) is 2.57. The molecule has 38 heavy (non-hydrogen) atoms. The third kappa shape index (κ3) is 6.18. The predicted octanol–water partition coefficient (Wildman–Crippen LogP) is 6.93. The predicted molar refractivity (Wildman–Crippen MR) is 147 cm³/mol. The second-order valence-electron chi connectivity index (χ2n) is 9.21. The summed E-state index contributed by atoms with van der Waals surface area (Å²) in [6, 6.07) is 13.7. The van der Waals surface area contributed by atoms with Gasteiger partial charge in [0.05, 0.1) is 12.1 Å². The standard InChI is InChI=1S/C27H25ClF3IN4O2/c1-35-22-12-19(32)13-23(38-27(30)31)26(22)34-24(35)14-36-9-7-16(8-10-36)21-3-2-4-25(33-21)37-15-17-5-6-18(28)11-20(17)29/h2-6,11-13,16,27H,7-10,14-15H2,1H3. The second-order valence-corrected chi connectivity index (χ2v) is 10.9. The molecule has 0 N–H and O–H groups in total. The number of hydrogen-bond acceptors (Lipinski definition) is 5. The van der Waals surface area contributed by atoms with Crippen LogP contribution in [0, 0.1) is 9.39 Å². The van der Waals surface area contributed by atoms with E-state index in [1.54, 1.807) is 24.3 Å². The van der Waals surface area contributed by atoms with E-state index >= 15 is 0 Å². The highest BCUT2D eigenvalue weighted by Crippen LogP contribution is 2.32. The van der Waals surface area contributed by atoms with E-state index in [1.807, 2.05) is 29.8 Å². The quantitative estimate of drug-likeness (QED) is 0.193. The van der Waals surface area contributed by atoms with E-state index < -0.39 is 12.4 Å². The van der Waals surface area contributed by atoms with Gasteiger partial charge in [0.1, 0.15) is 23.8 Å². The van der Waals surface area contributed by atoms with E-state index in [4.69, 9.17) is 21.1 Å². The minimum absolute atomic E-state index is 0.0685. The number of alkyl halides is 2. The number of fused-ring (bicyclic) bond motifs is 1. The van der Waals surface area contributed by atoms with Crippen LogP contribution in [0.4, 0.5) is 13.2 Å². The number of piperidine rings is 1. The zero-order chi connectivity index (χ0) is 26.8. The maximum absolute atomic E-state index is 14.1. The number of rotatable bonds is 8. The molecule has 0 spiro atoms. The molecule has 0 aliphatic carbocycles. The monoisotopic (exact) mass is 656 g/mol. The fourth-order valence-electron chi connectivity index (χ4n) is 4.71. The van der Waals surface area contributed by atoms with Crippen molar-refractivity contribution in [1.82, 2.24) is 19.4 Å². The third-order valence-corrected chi connectivity index (χ3v) is 7.59. The minimum Gasteiger partial charge on any atom is -0.473 e. The molecule has 200 valence electrons. The Morgan fingerprint density at radius 1 is 1.11 bits per heavy atom. The summed E-state index contributed by atoms with van der Waals surface area (Å²) in [4.78, 5) is 11.6. The lowest BCUT2D eigenvalue weighted by molar-refractivity contribution is -0.0489. The Kier molecular flexibility index (Phi) is 8.29. The van der Waals surface area contributed by atoms with Gasteiger partial charge in [0.25, 0.3) is 0 Å². The molecule has 0 radical (unpaired) electrons. The van der Waals surface area contributed by atoms with Crippen LogP contribution >= 0.6 is 34.2 Å². The molecule has 5 rings (SSSR count). The molecular weight excluding hydrogens is 632 g/mol. The maximum Gasteiger partial charge on any atom is 0.387 e. The Morgan fingerprint density at radius 3 is 2.63 bits per heavy atom. The van der Waals surface area contributed by atoms with Gasteiger partial charge in [-0.1, -0.05) is 23.7 Å².